The van der Waals surface area contributed by atoms with E-state index in [0.29, 0.717) is 0 Å². The van der Waals surface area contributed by atoms with Gasteiger partial charge in [-0.25, -0.2) is 4.21 Å². The van der Waals surface area contributed by atoms with Gasteiger partial charge in [0, 0.05) is 13.2 Å². The predicted octanol–water partition coefficient (Wildman–Crippen LogP) is -3.52. The van der Waals surface area contributed by atoms with E-state index in [-0.39, 0.29) is 64.6 Å². The van der Waals surface area contributed by atoms with Crippen LogP contribution in [-0.2, 0) is 11.4 Å². The molecule has 0 heterocycles. The van der Waals surface area contributed by atoms with Gasteiger partial charge in [-0.1, -0.05) is 0 Å². The summed E-state index contributed by atoms with van der Waals surface area (Å²) in [6.45, 7) is 0.500. The van der Waals surface area contributed by atoms with E-state index in [2.05, 4.69) is 0 Å². The Kier molecular flexibility index (Phi) is 29.5. The van der Waals surface area contributed by atoms with Crippen LogP contribution in [0.25, 0.3) is 0 Å². The summed E-state index contributed by atoms with van der Waals surface area (Å²) in [4.78, 5) is 0. The summed E-state index contributed by atoms with van der Waals surface area (Å²) in [7, 11) is 0. The topological polar surface area (TPSA) is 101 Å². The van der Waals surface area contributed by atoms with Gasteiger partial charge in [-0.2, -0.15) is 0 Å². The molecule has 0 bridgehead atoms. The summed E-state index contributed by atoms with van der Waals surface area (Å²) in [6.07, 6.45) is 2.58. The first-order valence-electron chi connectivity index (χ1n) is 3.15. The quantitative estimate of drug-likeness (QED) is 0.261. The molecule has 0 aromatic heterocycles. The van der Waals surface area contributed by atoms with Gasteiger partial charge in [0.1, 0.15) is 0 Å². The summed E-state index contributed by atoms with van der Waals surface area (Å²) >= 11 is -2.86. The summed E-state index contributed by atoms with van der Waals surface area (Å²) < 4.78 is 24.1. The van der Waals surface area contributed by atoms with Crippen molar-refractivity contribution < 1.29 is 74.9 Å². The molecular formula is C5H13KO5S. The second-order valence-electron chi connectivity index (χ2n) is 1.72. The fourth-order valence-electron chi connectivity index (χ4n) is 0.400. The molecule has 0 rings (SSSR count). The van der Waals surface area contributed by atoms with Crippen LogP contribution >= 0.6 is 0 Å². The van der Waals surface area contributed by atoms with Gasteiger partial charge >= 0.3 is 51.4 Å². The first-order chi connectivity index (χ1) is 5.15. The zero-order valence-electron chi connectivity index (χ0n) is 7.10. The van der Waals surface area contributed by atoms with E-state index in [1.807, 2.05) is 0 Å². The van der Waals surface area contributed by atoms with Crippen LogP contribution in [0.2, 0.25) is 0 Å². The third-order valence-corrected chi connectivity index (χ3v) is 0.816. The molecule has 0 amide bonds. The molecule has 3 N–H and O–H groups in total. The smallest absolute Gasteiger partial charge is 0.750 e. The number of rotatable bonds is 4. The minimum absolute atomic E-state index is 0. The van der Waals surface area contributed by atoms with Crippen molar-refractivity contribution in [1.82, 2.24) is 0 Å². The Morgan fingerprint density at radius 2 is 1.33 bits per heavy atom. The molecule has 0 aliphatic heterocycles. The third-order valence-electron chi connectivity index (χ3n) is 0.816. The van der Waals surface area contributed by atoms with Crippen LogP contribution in [-0.4, -0.2) is 36.7 Å². The first-order valence-corrected chi connectivity index (χ1v) is 4.18. The van der Waals surface area contributed by atoms with Gasteiger partial charge in [0.15, 0.2) is 0 Å². The van der Waals surface area contributed by atoms with Crippen molar-refractivity contribution in [3.8, 4) is 0 Å². The zero-order chi connectivity index (χ0) is 9.11. The Bertz CT molecular complexity index is 83.9. The normalized spacial score (nSPS) is 10.7. The van der Waals surface area contributed by atoms with Crippen molar-refractivity contribution in [2.45, 2.75) is 19.3 Å². The maximum absolute atomic E-state index is 8.56. The Balaban J connectivity index is -0.000000142. The van der Waals surface area contributed by atoms with Crippen molar-refractivity contribution in [3.63, 3.8) is 0 Å². The van der Waals surface area contributed by atoms with E-state index >= 15 is 0 Å². The van der Waals surface area contributed by atoms with E-state index in [4.69, 9.17) is 23.5 Å². The molecule has 0 spiro atoms. The molecule has 0 aliphatic rings. The Morgan fingerprint density at radius 3 is 1.50 bits per heavy atom. The van der Waals surface area contributed by atoms with Crippen molar-refractivity contribution in [2.75, 3.05) is 13.2 Å². The molecule has 5 nitrogen and oxygen atoms in total. The molecule has 7 heteroatoms. The zero-order valence-corrected chi connectivity index (χ0v) is 11.0. The fourth-order valence-corrected chi connectivity index (χ4v) is 0.400. The van der Waals surface area contributed by atoms with Gasteiger partial charge < -0.3 is 19.3 Å². The molecule has 0 saturated heterocycles. The maximum atomic E-state index is 8.56. The number of hydrogen-bond acceptors (Lipinski definition) is 4. The van der Waals surface area contributed by atoms with E-state index in [9.17, 15) is 0 Å². The van der Waals surface area contributed by atoms with Crippen LogP contribution < -0.4 is 51.4 Å². The second-order valence-corrected chi connectivity index (χ2v) is 2.16. The molecule has 0 aromatic carbocycles. The van der Waals surface area contributed by atoms with Crippen LogP contribution in [0, 0.1) is 0 Å². The molecule has 0 aliphatic carbocycles. The van der Waals surface area contributed by atoms with E-state index in [0.717, 1.165) is 19.3 Å². The molecule has 1 atom stereocenters. The van der Waals surface area contributed by atoms with Crippen LogP contribution in [0.3, 0.4) is 0 Å². The Hall–Kier alpha value is 1.63. The number of aliphatic hydroxyl groups excluding tert-OH is 2. The van der Waals surface area contributed by atoms with Crippen molar-refractivity contribution in [3.05, 3.63) is 0 Å². The van der Waals surface area contributed by atoms with Crippen molar-refractivity contribution in [2.24, 2.45) is 0 Å². The number of unbranched alkanes of at least 4 members (excludes halogenated alkanes) is 2. The third kappa shape index (κ3) is 41.5. The average Bonchev–Trinajstić information content (AvgIpc) is 1.88. The van der Waals surface area contributed by atoms with Crippen LogP contribution in [0.15, 0.2) is 0 Å². The van der Waals surface area contributed by atoms with Gasteiger partial charge in [-0.15, -0.1) is 0 Å². The standard InChI is InChI=1S/C5H12O2.K.H2O3S/c6-4-2-1-3-5-7;;1-4(2)3/h6-7H,1-5H2;;(H2,1,2,3)/q;+1;/p-1. The largest absolute Gasteiger partial charge is 1.00 e. The average molecular weight is 224 g/mol. The monoisotopic (exact) mass is 224 g/mol. The van der Waals surface area contributed by atoms with Crippen LogP contribution in [0.4, 0.5) is 0 Å². The van der Waals surface area contributed by atoms with Crippen molar-refractivity contribution >= 4 is 11.4 Å². The summed E-state index contributed by atoms with van der Waals surface area (Å²) in [5.41, 5.74) is 0. The molecule has 0 aromatic rings. The fraction of sp³-hybridized carbons (Fsp3) is 1.00. The van der Waals surface area contributed by atoms with E-state index in [1.54, 1.807) is 0 Å². The first kappa shape index (κ1) is 19.2. The minimum Gasteiger partial charge on any atom is -0.750 e. The predicted molar refractivity (Wildman–Crippen MR) is 39.6 cm³/mol. The molecular weight excluding hydrogens is 211 g/mol. The van der Waals surface area contributed by atoms with Gasteiger partial charge in [-0.05, 0) is 19.3 Å². The molecule has 1 unspecified atom stereocenters. The molecule has 0 radical (unpaired) electrons. The van der Waals surface area contributed by atoms with Gasteiger partial charge in [0.2, 0.25) is 0 Å². The minimum atomic E-state index is -2.86. The van der Waals surface area contributed by atoms with E-state index < -0.39 is 11.4 Å². The number of aliphatic hydroxyl groups is 2. The van der Waals surface area contributed by atoms with Crippen molar-refractivity contribution in [1.29, 1.82) is 0 Å². The van der Waals surface area contributed by atoms with E-state index in [1.165, 1.54) is 0 Å². The van der Waals surface area contributed by atoms with Gasteiger partial charge in [-0.3, -0.25) is 0 Å². The maximum Gasteiger partial charge on any atom is 1.00 e. The Morgan fingerprint density at radius 1 is 1.08 bits per heavy atom. The summed E-state index contributed by atoms with van der Waals surface area (Å²) in [5.74, 6) is 0. The SMILES string of the molecule is O=S([O-])O.OCCCCCO.[K+]. The number of hydrogen-bond donors (Lipinski definition) is 3. The van der Waals surface area contributed by atoms with Gasteiger partial charge in [0.05, 0.1) is 11.4 Å². The molecule has 0 fully saturated rings. The summed E-state index contributed by atoms with van der Waals surface area (Å²) in [5, 5.41) is 16.4. The Labute approximate surface area is 117 Å². The second kappa shape index (κ2) is 18.4. The molecule has 12 heavy (non-hydrogen) atoms. The molecule has 0 saturated carbocycles. The van der Waals surface area contributed by atoms with Crippen LogP contribution in [0.5, 0.6) is 0 Å². The molecule has 70 valence electrons. The summed E-state index contributed by atoms with van der Waals surface area (Å²) in [6, 6.07) is 0. The van der Waals surface area contributed by atoms with Gasteiger partial charge in [0.25, 0.3) is 0 Å². The van der Waals surface area contributed by atoms with Crippen LogP contribution in [0.1, 0.15) is 19.3 Å².